The molecule has 7 nitrogen and oxygen atoms in total. The van der Waals surface area contributed by atoms with Gasteiger partial charge in [-0.05, 0) is 26.0 Å². The molecule has 0 aromatic heterocycles. The highest BCUT2D eigenvalue weighted by Gasteiger charge is 2.20. The first-order valence-electron chi connectivity index (χ1n) is 6.36. The zero-order valence-corrected chi connectivity index (χ0v) is 12.4. The maximum atomic E-state index is 12.0. The van der Waals surface area contributed by atoms with Crippen molar-refractivity contribution in [3.05, 3.63) is 17.7 Å². The standard InChI is InChI=1S/C14H19NO6/c1-5-21-8(2)13(16)15-10-6-9(14(17)18)7-11(19-3)12(10)20-4/h6-8H,5H2,1-4H3,(H,15,16)(H,17,18). The first kappa shape index (κ1) is 16.8. The molecule has 1 rings (SSSR count). The van der Waals surface area contributed by atoms with Gasteiger partial charge in [-0.1, -0.05) is 0 Å². The summed E-state index contributed by atoms with van der Waals surface area (Å²) in [6, 6.07) is 2.63. The molecule has 0 heterocycles. The number of amides is 1. The van der Waals surface area contributed by atoms with Crippen LogP contribution in [-0.2, 0) is 9.53 Å². The maximum absolute atomic E-state index is 12.0. The van der Waals surface area contributed by atoms with Crippen molar-refractivity contribution in [3.8, 4) is 11.5 Å². The van der Waals surface area contributed by atoms with Crippen molar-refractivity contribution < 1.29 is 28.9 Å². The van der Waals surface area contributed by atoms with Crippen LogP contribution in [0.25, 0.3) is 0 Å². The fourth-order valence-electron chi connectivity index (χ4n) is 1.74. The molecule has 1 aromatic rings. The van der Waals surface area contributed by atoms with Crippen molar-refractivity contribution >= 4 is 17.6 Å². The monoisotopic (exact) mass is 297 g/mol. The Balaban J connectivity index is 3.17. The van der Waals surface area contributed by atoms with Crippen LogP contribution in [0.2, 0.25) is 0 Å². The summed E-state index contributed by atoms with van der Waals surface area (Å²) in [5.74, 6) is -1.07. The van der Waals surface area contributed by atoms with Gasteiger partial charge in [0.1, 0.15) is 6.10 Å². The topological polar surface area (TPSA) is 94.1 Å². The lowest BCUT2D eigenvalue weighted by Crippen LogP contribution is -2.28. The van der Waals surface area contributed by atoms with Gasteiger partial charge in [-0.3, -0.25) is 4.79 Å². The van der Waals surface area contributed by atoms with E-state index in [0.29, 0.717) is 6.61 Å². The number of carboxylic acids is 1. The summed E-state index contributed by atoms with van der Waals surface area (Å²) in [6.45, 7) is 3.77. The zero-order valence-electron chi connectivity index (χ0n) is 12.4. The molecule has 1 amide bonds. The van der Waals surface area contributed by atoms with Gasteiger partial charge < -0.3 is 24.6 Å². The number of carboxylic acid groups (broad SMARTS) is 1. The Morgan fingerprint density at radius 2 is 1.95 bits per heavy atom. The molecular weight excluding hydrogens is 278 g/mol. The molecule has 0 aliphatic rings. The van der Waals surface area contributed by atoms with Crippen molar-refractivity contribution in [2.75, 3.05) is 26.1 Å². The van der Waals surface area contributed by atoms with E-state index in [1.165, 1.54) is 26.4 Å². The largest absolute Gasteiger partial charge is 0.493 e. The van der Waals surface area contributed by atoms with Crippen LogP contribution in [0.3, 0.4) is 0 Å². The van der Waals surface area contributed by atoms with E-state index in [1.54, 1.807) is 13.8 Å². The van der Waals surface area contributed by atoms with Gasteiger partial charge in [0.25, 0.3) is 5.91 Å². The van der Waals surface area contributed by atoms with Gasteiger partial charge in [-0.15, -0.1) is 0 Å². The number of carbonyl (C=O) groups is 2. The van der Waals surface area contributed by atoms with E-state index in [9.17, 15) is 9.59 Å². The summed E-state index contributed by atoms with van der Waals surface area (Å²) in [4.78, 5) is 23.1. The highest BCUT2D eigenvalue weighted by Crippen LogP contribution is 2.36. The lowest BCUT2D eigenvalue weighted by Gasteiger charge is -2.17. The summed E-state index contributed by atoms with van der Waals surface area (Å²) in [5.41, 5.74) is 0.192. The molecule has 0 aliphatic carbocycles. The van der Waals surface area contributed by atoms with Crippen molar-refractivity contribution in [1.29, 1.82) is 0 Å². The zero-order chi connectivity index (χ0) is 16.0. The van der Waals surface area contributed by atoms with Gasteiger partial charge in [0, 0.05) is 6.61 Å². The van der Waals surface area contributed by atoms with Gasteiger partial charge in [0.15, 0.2) is 11.5 Å². The molecule has 0 radical (unpaired) electrons. The molecule has 7 heteroatoms. The Morgan fingerprint density at radius 3 is 2.43 bits per heavy atom. The highest BCUT2D eigenvalue weighted by atomic mass is 16.5. The van der Waals surface area contributed by atoms with Gasteiger partial charge >= 0.3 is 5.97 Å². The van der Waals surface area contributed by atoms with Gasteiger partial charge in [0.05, 0.1) is 25.5 Å². The number of hydrogen-bond donors (Lipinski definition) is 2. The maximum Gasteiger partial charge on any atom is 0.335 e. The summed E-state index contributed by atoms with van der Waals surface area (Å²) >= 11 is 0. The SMILES string of the molecule is CCOC(C)C(=O)Nc1cc(C(=O)O)cc(OC)c1OC. The number of anilines is 1. The quantitative estimate of drug-likeness (QED) is 0.796. The van der Waals surface area contributed by atoms with Crippen LogP contribution in [0.1, 0.15) is 24.2 Å². The number of rotatable bonds is 7. The number of benzene rings is 1. The van der Waals surface area contributed by atoms with Crippen LogP contribution in [0, 0.1) is 0 Å². The van der Waals surface area contributed by atoms with Crippen molar-refractivity contribution in [2.45, 2.75) is 20.0 Å². The van der Waals surface area contributed by atoms with Crippen LogP contribution in [0.4, 0.5) is 5.69 Å². The van der Waals surface area contributed by atoms with Crippen molar-refractivity contribution in [1.82, 2.24) is 0 Å². The smallest absolute Gasteiger partial charge is 0.335 e. The van der Waals surface area contributed by atoms with E-state index in [0.717, 1.165) is 0 Å². The van der Waals surface area contributed by atoms with Crippen molar-refractivity contribution in [2.24, 2.45) is 0 Å². The van der Waals surface area contributed by atoms with E-state index in [1.807, 2.05) is 0 Å². The van der Waals surface area contributed by atoms with E-state index in [-0.39, 0.29) is 22.7 Å². The van der Waals surface area contributed by atoms with Crippen LogP contribution in [-0.4, -0.2) is 43.9 Å². The second-order valence-corrected chi connectivity index (χ2v) is 4.15. The van der Waals surface area contributed by atoms with E-state index < -0.39 is 18.0 Å². The number of hydrogen-bond acceptors (Lipinski definition) is 5. The molecule has 1 atom stereocenters. The van der Waals surface area contributed by atoms with E-state index >= 15 is 0 Å². The van der Waals surface area contributed by atoms with E-state index in [2.05, 4.69) is 5.32 Å². The molecule has 0 fully saturated rings. The van der Waals surface area contributed by atoms with Crippen molar-refractivity contribution in [3.63, 3.8) is 0 Å². The summed E-state index contributed by atoms with van der Waals surface area (Å²) in [5, 5.41) is 11.7. The minimum Gasteiger partial charge on any atom is -0.493 e. The minimum atomic E-state index is -1.13. The number of aromatic carboxylic acids is 1. The minimum absolute atomic E-state index is 0.0213. The lowest BCUT2D eigenvalue weighted by molar-refractivity contribution is -0.126. The molecule has 0 saturated carbocycles. The Bertz CT molecular complexity index is 528. The highest BCUT2D eigenvalue weighted by molar-refractivity contribution is 5.98. The normalized spacial score (nSPS) is 11.6. The third kappa shape index (κ3) is 4.09. The Hall–Kier alpha value is -2.28. The number of ether oxygens (including phenoxy) is 3. The summed E-state index contributed by atoms with van der Waals surface area (Å²) < 4.78 is 15.4. The van der Waals surface area contributed by atoms with Gasteiger partial charge in [0.2, 0.25) is 0 Å². The second-order valence-electron chi connectivity index (χ2n) is 4.15. The first-order chi connectivity index (χ1) is 9.94. The summed E-state index contributed by atoms with van der Waals surface area (Å²) in [6.07, 6.45) is -0.667. The fourth-order valence-corrected chi connectivity index (χ4v) is 1.74. The Labute approximate surface area is 122 Å². The molecule has 116 valence electrons. The van der Waals surface area contributed by atoms with Crippen LogP contribution < -0.4 is 14.8 Å². The molecule has 2 N–H and O–H groups in total. The van der Waals surface area contributed by atoms with Gasteiger partial charge in [-0.2, -0.15) is 0 Å². The third-order valence-electron chi connectivity index (χ3n) is 2.77. The molecule has 0 spiro atoms. The van der Waals surface area contributed by atoms with Crippen LogP contribution in [0.5, 0.6) is 11.5 Å². The Kier molecular flexibility index (Phi) is 5.98. The average molecular weight is 297 g/mol. The number of methoxy groups -OCH3 is 2. The third-order valence-corrected chi connectivity index (χ3v) is 2.77. The average Bonchev–Trinajstić information content (AvgIpc) is 2.46. The second kappa shape index (κ2) is 7.49. The summed E-state index contributed by atoms with van der Waals surface area (Å²) in [7, 11) is 2.79. The first-order valence-corrected chi connectivity index (χ1v) is 6.36. The molecular formula is C14H19NO6. The van der Waals surface area contributed by atoms with E-state index in [4.69, 9.17) is 19.3 Å². The number of nitrogens with one attached hydrogen (secondary N) is 1. The van der Waals surface area contributed by atoms with Gasteiger partial charge in [-0.25, -0.2) is 4.79 Å². The molecule has 21 heavy (non-hydrogen) atoms. The lowest BCUT2D eigenvalue weighted by atomic mass is 10.1. The Morgan fingerprint density at radius 1 is 1.29 bits per heavy atom. The fraction of sp³-hybridized carbons (Fsp3) is 0.429. The number of carbonyl (C=O) groups excluding carboxylic acids is 1. The predicted molar refractivity (Wildman–Crippen MR) is 76.2 cm³/mol. The van der Waals surface area contributed by atoms with Crippen LogP contribution in [0.15, 0.2) is 12.1 Å². The molecule has 0 aliphatic heterocycles. The van der Waals surface area contributed by atoms with Crippen LogP contribution >= 0.6 is 0 Å². The molecule has 0 saturated heterocycles. The predicted octanol–water partition coefficient (Wildman–Crippen LogP) is 1.77. The molecule has 0 bridgehead atoms. The molecule has 1 unspecified atom stereocenters. The molecule has 1 aromatic carbocycles.